The van der Waals surface area contributed by atoms with Crippen LogP contribution < -0.4 is 20.3 Å². The summed E-state index contributed by atoms with van der Waals surface area (Å²) in [7, 11) is 0. The summed E-state index contributed by atoms with van der Waals surface area (Å²) in [5.41, 5.74) is 2.77. The minimum atomic E-state index is -0.294. The van der Waals surface area contributed by atoms with Crippen molar-refractivity contribution in [3.05, 3.63) is 78.3 Å². The van der Waals surface area contributed by atoms with E-state index >= 15 is 0 Å². The molecule has 2 heterocycles. The molecule has 0 radical (unpaired) electrons. The summed E-state index contributed by atoms with van der Waals surface area (Å²) in [6.07, 6.45) is 6.86. The highest BCUT2D eigenvalue weighted by atomic mass is 35.5. The van der Waals surface area contributed by atoms with Gasteiger partial charge in [0.25, 0.3) is 0 Å². The average molecular weight is 532 g/mol. The lowest BCUT2D eigenvalue weighted by molar-refractivity contribution is -0.111. The van der Waals surface area contributed by atoms with Gasteiger partial charge in [0.1, 0.15) is 16.6 Å². The molecule has 1 aliphatic carbocycles. The van der Waals surface area contributed by atoms with E-state index in [4.69, 9.17) is 16.3 Å². The molecule has 38 heavy (non-hydrogen) atoms. The smallest absolute Gasteiger partial charge is 0.247 e. The van der Waals surface area contributed by atoms with E-state index in [1.165, 1.54) is 44.0 Å². The number of pyridine rings is 1. The summed E-state index contributed by atoms with van der Waals surface area (Å²) in [6.45, 7) is 9.15. The Morgan fingerprint density at radius 3 is 2.53 bits per heavy atom. The Morgan fingerprint density at radius 2 is 1.79 bits per heavy atom. The van der Waals surface area contributed by atoms with Gasteiger partial charge >= 0.3 is 0 Å². The monoisotopic (exact) mass is 531 g/mol. The number of hydrogen-bond acceptors (Lipinski definition) is 6. The Labute approximate surface area is 229 Å². The molecule has 1 amide bonds. The summed E-state index contributed by atoms with van der Waals surface area (Å²) in [5, 5.41) is 6.44. The molecule has 0 spiro atoms. The Hall–Kier alpha value is -3.55. The van der Waals surface area contributed by atoms with Crippen LogP contribution in [-0.4, -0.2) is 48.5 Å². The summed E-state index contributed by atoms with van der Waals surface area (Å²) < 4.78 is 5.92. The Kier molecular flexibility index (Phi) is 8.46. The van der Waals surface area contributed by atoms with E-state index < -0.39 is 0 Å². The van der Waals surface area contributed by atoms with Crippen LogP contribution in [0.1, 0.15) is 25.7 Å². The number of carbonyl (C=O) groups is 1. The fraction of sp³-hybridized carbons (Fsp3) is 0.333. The zero-order chi connectivity index (χ0) is 26.3. The first-order chi connectivity index (χ1) is 18.6. The molecule has 8 heteroatoms. The van der Waals surface area contributed by atoms with Gasteiger partial charge in [-0.15, -0.1) is 0 Å². The molecule has 1 aliphatic heterocycles. The first-order valence-corrected chi connectivity index (χ1v) is 13.7. The van der Waals surface area contributed by atoms with Crippen LogP contribution in [0.5, 0.6) is 11.6 Å². The van der Waals surface area contributed by atoms with Gasteiger partial charge < -0.3 is 20.3 Å². The average Bonchev–Trinajstić information content (AvgIpc) is 3.45. The largest absolute Gasteiger partial charge is 0.437 e. The van der Waals surface area contributed by atoms with E-state index in [1.54, 1.807) is 30.3 Å². The van der Waals surface area contributed by atoms with E-state index in [2.05, 4.69) is 56.3 Å². The predicted molar refractivity (Wildman–Crippen MR) is 155 cm³/mol. The molecule has 2 aliphatic rings. The number of hydrogen-bond donors (Lipinski definition) is 2. The highest BCUT2D eigenvalue weighted by molar-refractivity contribution is 6.31. The minimum absolute atomic E-state index is 0.274. The second-order valence-corrected chi connectivity index (χ2v) is 10.3. The number of rotatable bonds is 9. The molecule has 0 bridgehead atoms. The van der Waals surface area contributed by atoms with E-state index in [1.807, 2.05) is 6.07 Å². The molecule has 0 unspecified atom stereocenters. The third kappa shape index (κ3) is 6.85. The quantitative estimate of drug-likeness (QED) is 0.299. The lowest BCUT2D eigenvalue weighted by Crippen LogP contribution is -2.47. The fourth-order valence-corrected chi connectivity index (χ4v) is 5.30. The van der Waals surface area contributed by atoms with Crippen molar-refractivity contribution in [1.29, 1.82) is 0 Å². The van der Waals surface area contributed by atoms with Crippen LogP contribution in [-0.2, 0) is 4.79 Å². The number of benzene rings is 2. The second-order valence-electron chi connectivity index (χ2n) is 9.92. The highest BCUT2D eigenvalue weighted by Crippen LogP contribution is 2.31. The lowest BCUT2D eigenvalue weighted by Gasteiger charge is -2.37. The number of amides is 1. The number of carbonyl (C=O) groups excluding carboxylic acids is 1. The molecule has 1 saturated heterocycles. The lowest BCUT2D eigenvalue weighted by atomic mass is 10.1. The van der Waals surface area contributed by atoms with Gasteiger partial charge in [-0.3, -0.25) is 9.69 Å². The number of ether oxygens (including phenoxy) is 1. The molecular formula is C30H34ClN5O2. The zero-order valence-corrected chi connectivity index (χ0v) is 22.3. The van der Waals surface area contributed by atoms with Crippen LogP contribution in [0.3, 0.4) is 0 Å². The number of anilines is 4. The molecule has 0 atom stereocenters. The SMILES string of the molecule is C=CC(=O)Nc1cccc(Oc2nc(Nc3ccc(N4CCN(CC5CCCC5)CC4)cc3)ccc2Cl)c1. The van der Waals surface area contributed by atoms with Gasteiger partial charge in [-0.2, -0.15) is 4.98 Å². The van der Waals surface area contributed by atoms with E-state index in [0.717, 1.165) is 37.8 Å². The standard InChI is InChI=1S/C30H34ClN5O2/c1-2-29(37)33-24-8-5-9-26(20-24)38-30-27(31)14-15-28(34-30)32-23-10-12-25(13-11-23)36-18-16-35(17-19-36)21-22-6-3-4-7-22/h2,5,8-15,20,22H,1,3-4,6-7,16-19,21H2,(H,32,34)(H,33,37). The molecule has 2 fully saturated rings. The first-order valence-electron chi connectivity index (χ1n) is 13.3. The summed E-state index contributed by atoms with van der Waals surface area (Å²) >= 11 is 6.35. The van der Waals surface area contributed by atoms with Crippen LogP contribution in [0.15, 0.2) is 73.3 Å². The minimum Gasteiger partial charge on any atom is -0.437 e. The van der Waals surface area contributed by atoms with Gasteiger partial charge in [0.15, 0.2) is 0 Å². The maximum absolute atomic E-state index is 11.6. The van der Waals surface area contributed by atoms with Gasteiger partial charge in [0.05, 0.1) is 0 Å². The van der Waals surface area contributed by atoms with Crippen molar-refractivity contribution in [3.8, 4) is 11.6 Å². The second kappa shape index (κ2) is 12.3. The van der Waals surface area contributed by atoms with Gasteiger partial charge in [-0.25, -0.2) is 0 Å². The van der Waals surface area contributed by atoms with E-state index in [0.29, 0.717) is 22.3 Å². The molecule has 198 valence electrons. The molecule has 3 aromatic rings. The Morgan fingerprint density at radius 1 is 1.03 bits per heavy atom. The van der Waals surface area contributed by atoms with Crippen LogP contribution >= 0.6 is 11.6 Å². The van der Waals surface area contributed by atoms with Crippen molar-refractivity contribution in [3.63, 3.8) is 0 Å². The third-order valence-corrected chi connectivity index (χ3v) is 7.47. The molecule has 2 N–H and O–H groups in total. The third-order valence-electron chi connectivity index (χ3n) is 7.18. The van der Waals surface area contributed by atoms with Gasteiger partial charge in [0.2, 0.25) is 11.8 Å². The molecule has 1 aromatic heterocycles. The highest BCUT2D eigenvalue weighted by Gasteiger charge is 2.22. The number of aromatic nitrogens is 1. The number of piperazine rings is 1. The normalized spacial score (nSPS) is 16.3. The van der Waals surface area contributed by atoms with Crippen molar-refractivity contribution in [2.24, 2.45) is 5.92 Å². The molecule has 2 aromatic carbocycles. The Balaban J connectivity index is 1.17. The van der Waals surface area contributed by atoms with Crippen molar-refractivity contribution >= 4 is 40.4 Å². The maximum Gasteiger partial charge on any atom is 0.247 e. The first kappa shape index (κ1) is 26.1. The van der Waals surface area contributed by atoms with Crippen LogP contribution in [0.2, 0.25) is 5.02 Å². The van der Waals surface area contributed by atoms with Gasteiger partial charge in [-0.1, -0.05) is 37.1 Å². The summed E-state index contributed by atoms with van der Waals surface area (Å²) in [5.74, 6) is 2.02. The number of nitrogens with one attached hydrogen (secondary N) is 2. The van der Waals surface area contributed by atoms with Crippen molar-refractivity contribution in [2.75, 3.05) is 48.3 Å². The van der Waals surface area contributed by atoms with E-state index in [9.17, 15) is 4.79 Å². The maximum atomic E-state index is 11.6. The van der Waals surface area contributed by atoms with Gasteiger partial charge in [0, 0.05) is 55.9 Å². The number of halogens is 1. The molecule has 7 nitrogen and oxygen atoms in total. The van der Waals surface area contributed by atoms with Crippen LogP contribution in [0.4, 0.5) is 22.9 Å². The topological polar surface area (TPSA) is 69.7 Å². The summed E-state index contributed by atoms with van der Waals surface area (Å²) in [6, 6.07) is 19.0. The molecule has 5 rings (SSSR count). The van der Waals surface area contributed by atoms with Crippen molar-refractivity contribution in [1.82, 2.24) is 9.88 Å². The zero-order valence-electron chi connectivity index (χ0n) is 21.5. The van der Waals surface area contributed by atoms with Crippen molar-refractivity contribution in [2.45, 2.75) is 25.7 Å². The summed E-state index contributed by atoms with van der Waals surface area (Å²) in [4.78, 5) is 21.2. The molecule has 1 saturated carbocycles. The van der Waals surface area contributed by atoms with Gasteiger partial charge in [-0.05, 0) is 73.4 Å². The molecular weight excluding hydrogens is 498 g/mol. The van der Waals surface area contributed by atoms with Crippen molar-refractivity contribution < 1.29 is 9.53 Å². The fourth-order valence-electron chi connectivity index (χ4n) is 5.16. The predicted octanol–water partition coefficient (Wildman–Crippen LogP) is 6.71. The van der Waals surface area contributed by atoms with Crippen LogP contribution in [0.25, 0.3) is 0 Å². The Bertz CT molecular complexity index is 1250. The number of nitrogens with zero attached hydrogens (tertiary/aromatic N) is 3. The van der Waals surface area contributed by atoms with E-state index in [-0.39, 0.29) is 11.8 Å². The van der Waals surface area contributed by atoms with Crippen LogP contribution in [0, 0.1) is 5.92 Å².